The lowest BCUT2D eigenvalue weighted by atomic mass is 9.85. The molecule has 0 radical (unpaired) electrons. The molecule has 0 spiro atoms. The number of piperazine rings is 1. The van der Waals surface area contributed by atoms with Crippen LogP contribution >= 0.6 is 0 Å². The van der Waals surface area contributed by atoms with Gasteiger partial charge in [0.05, 0.1) is 10.4 Å². The quantitative estimate of drug-likeness (QED) is 0.360. The predicted octanol–water partition coefficient (Wildman–Crippen LogP) is 3.30. The smallest absolute Gasteiger partial charge is 0.359 e. The van der Waals surface area contributed by atoms with Crippen LogP contribution in [-0.4, -0.2) is 45.1 Å². The molecule has 170 valence electrons. The third kappa shape index (κ3) is 3.36. The van der Waals surface area contributed by atoms with Crippen LogP contribution in [0.3, 0.4) is 0 Å². The number of aromatic nitrogens is 3. The fourth-order valence-electron chi connectivity index (χ4n) is 5.26. The monoisotopic (exact) mass is 446 g/mol. The van der Waals surface area contributed by atoms with Crippen molar-refractivity contribution < 1.29 is 4.92 Å². The topological polar surface area (TPSA) is 109 Å². The van der Waals surface area contributed by atoms with E-state index < -0.39 is 16.2 Å². The summed E-state index contributed by atoms with van der Waals surface area (Å²) < 4.78 is 1.32. The summed E-state index contributed by atoms with van der Waals surface area (Å²) in [6.07, 6.45) is 4.40. The Balaban J connectivity index is 1.74. The van der Waals surface area contributed by atoms with Gasteiger partial charge in [0, 0.05) is 61.9 Å². The van der Waals surface area contributed by atoms with E-state index in [2.05, 4.69) is 34.3 Å². The summed E-state index contributed by atoms with van der Waals surface area (Å²) in [6.45, 7) is 4.00. The van der Waals surface area contributed by atoms with Gasteiger partial charge in [-0.25, -0.2) is 0 Å². The summed E-state index contributed by atoms with van der Waals surface area (Å²) in [5, 5.41) is 16.8. The highest BCUT2D eigenvalue weighted by Crippen LogP contribution is 2.39. The average Bonchev–Trinajstić information content (AvgIpc) is 3.32. The number of hydrogen-bond donors (Lipinski definition) is 2. The molecule has 0 aliphatic carbocycles. The zero-order chi connectivity index (χ0) is 23.1. The predicted molar refractivity (Wildman–Crippen MR) is 129 cm³/mol. The molecule has 9 heteroatoms. The molecular formula is C24H26N6O3. The van der Waals surface area contributed by atoms with Crippen molar-refractivity contribution in [2.45, 2.75) is 25.3 Å². The van der Waals surface area contributed by atoms with Crippen LogP contribution in [-0.2, 0) is 7.05 Å². The molecule has 1 aliphatic rings. The molecule has 2 unspecified atom stereocenters. The molecule has 4 aromatic rings. The van der Waals surface area contributed by atoms with Crippen molar-refractivity contribution >= 4 is 33.3 Å². The Morgan fingerprint density at radius 1 is 1.27 bits per heavy atom. The van der Waals surface area contributed by atoms with E-state index in [0.717, 1.165) is 17.3 Å². The third-order valence-electron chi connectivity index (χ3n) is 6.79. The maximum atomic E-state index is 13.1. The summed E-state index contributed by atoms with van der Waals surface area (Å²) in [4.78, 5) is 34.5. The Kier molecular flexibility index (Phi) is 5.33. The third-order valence-corrected chi connectivity index (χ3v) is 6.79. The second-order valence-electron chi connectivity index (χ2n) is 8.46. The van der Waals surface area contributed by atoms with Crippen molar-refractivity contribution in [3.05, 3.63) is 74.8 Å². The number of aromatic amines is 1. The molecule has 33 heavy (non-hydrogen) atoms. The Hall–Kier alpha value is -3.72. The van der Waals surface area contributed by atoms with E-state index in [9.17, 15) is 14.9 Å². The summed E-state index contributed by atoms with van der Waals surface area (Å²) in [5.41, 5.74) is 2.62. The van der Waals surface area contributed by atoms with Crippen molar-refractivity contribution in [1.29, 1.82) is 0 Å². The number of anilines is 1. The van der Waals surface area contributed by atoms with Gasteiger partial charge in [0.2, 0.25) is 0 Å². The standard InChI is InChI=1S/C24H26N6O3/c1-3-15(16-6-4-7-18-17(16)9-11-26-18)20-14-25-12-13-29(20)22-21-19(8-5-10-27-21)28(2)24(31)23(22)30(32)33/h4-11,15,20,25-26H,3,12-14H2,1-2H3. The Labute approximate surface area is 190 Å². The Morgan fingerprint density at radius 2 is 2.12 bits per heavy atom. The fraction of sp³-hybridized carbons (Fsp3) is 0.333. The van der Waals surface area contributed by atoms with Crippen LogP contribution in [0.15, 0.2) is 53.6 Å². The minimum absolute atomic E-state index is 0.0831. The van der Waals surface area contributed by atoms with E-state index in [1.165, 1.54) is 10.1 Å². The van der Waals surface area contributed by atoms with Gasteiger partial charge >= 0.3 is 11.2 Å². The minimum Gasteiger partial charge on any atom is -0.361 e. The van der Waals surface area contributed by atoms with Crippen molar-refractivity contribution in [1.82, 2.24) is 19.9 Å². The normalized spacial score (nSPS) is 17.5. The number of pyridine rings is 2. The molecule has 5 rings (SSSR count). The molecule has 2 N–H and O–H groups in total. The van der Waals surface area contributed by atoms with Gasteiger partial charge in [0.1, 0.15) is 5.52 Å². The number of nitro groups is 1. The van der Waals surface area contributed by atoms with Crippen LogP contribution in [0.25, 0.3) is 21.9 Å². The van der Waals surface area contributed by atoms with Gasteiger partial charge in [-0.3, -0.25) is 19.9 Å². The van der Waals surface area contributed by atoms with Gasteiger partial charge < -0.3 is 19.8 Å². The van der Waals surface area contributed by atoms with Crippen LogP contribution in [0.4, 0.5) is 11.4 Å². The first-order valence-electron chi connectivity index (χ1n) is 11.2. The summed E-state index contributed by atoms with van der Waals surface area (Å²) in [7, 11) is 1.56. The molecule has 3 aromatic heterocycles. The Bertz CT molecular complexity index is 1410. The van der Waals surface area contributed by atoms with E-state index >= 15 is 0 Å². The van der Waals surface area contributed by atoms with E-state index in [4.69, 9.17) is 0 Å². The number of nitrogens with zero attached hydrogens (tertiary/aromatic N) is 4. The number of nitrogens with one attached hydrogen (secondary N) is 2. The summed E-state index contributed by atoms with van der Waals surface area (Å²) in [6, 6.07) is 11.7. The summed E-state index contributed by atoms with van der Waals surface area (Å²) >= 11 is 0. The number of hydrogen-bond acceptors (Lipinski definition) is 6. The first-order valence-corrected chi connectivity index (χ1v) is 11.2. The number of benzene rings is 1. The number of H-pyrrole nitrogens is 1. The maximum Gasteiger partial charge on any atom is 0.359 e. The van der Waals surface area contributed by atoms with Crippen LogP contribution in [0.2, 0.25) is 0 Å². The van der Waals surface area contributed by atoms with Crippen molar-refractivity contribution in [2.75, 3.05) is 24.5 Å². The molecular weight excluding hydrogens is 420 g/mol. The molecule has 4 heterocycles. The zero-order valence-electron chi connectivity index (χ0n) is 18.6. The van der Waals surface area contributed by atoms with Crippen LogP contribution in [0.5, 0.6) is 0 Å². The van der Waals surface area contributed by atoms with Gasteiger partial charge in [-0.1, -0.05) is 19.1 Å². The van der Waals surface area contributed by atoms with E-state index in [0.29, 0.717) is 36.4 Å². The molecule has 2 atom stereocenters. The van der Waals surface area contributed by atoms with Crippen LogP contribution in [0, 0.1) is 10.1 Å². The number of rotatable bonds is 5. The van der Waals surface area contributed by atoms with Crippen molar-refractivity contribution in [3.63, 3.8) is 0 Å². The van der Waals surface area contributed by atoms with Crippen LogP contribution in [0.1, 0.15) is 24.8 Å². The number of aryl methyl sites for hydroxylation is 1. The summed E-state index contributed by atoms with van der Waals surface area (Å²) in [5.74, 6) is 0.0970. The lowest BCUT2D eigenvalue weighted by molar-refractivity contribution is -0.385. The van der Waals surface area contributed by atoms with Gasteiger partial charge in [0.15, 0.2) is 5.69 Å². The molecule has 0 bridgehead atoms. The zero-order valence-corrected chi connectivity index (χ0v) is 18.6. The Morgan fingerprint density at radius 3 is 2.91 bits per heavy atom. The molecule has 1 aliphatic heterocycles. The second kappa shape index (κ2) is 8.32. The SMILES string of the molecule is CCC(c1cccc2[nH]ccc12)C1CNCCN1c1c([N+](=O)[O-])c(=O)n(C)c2cccnc12. The van der Waals surface area contributed by atoms with E-state index in [-0.39, 0.29) is 12.0 Å². The second-order valence-corrected chi connectivity index (χ2v) is 8.46. The molecule has 0 amide bonds. The lowest BCUT2D eigenvalue weighted by Crippen LogP contribution is -2.54. The largest absolute Gasteiger partial charge is 0.361 e. The van der Waals surface area contributed by atoms with Crippen molar-refractivity contribution in [2.24, 2.45) is 7.05 Å². The van der Waals surface area contributed by atoms with Gasteiger partial charge in [0.25, 0.3) is 0 Å². The highest BCUT2D eigenvalue weighted by molar-refractivity contribution is 5.94. The number of fused-ring (bicyclic) bond motifs is 2. The van der Waals surface area contributed by atoms with Crippen LogP contribution < -0.4 is 15.8 Å². The molecule has 0 saturated carbocycles. The first kappa shape index (κ1) is 21.1. The molecule has 1 fully saturated rings. The average molecular weight is 447 g/mol. The molecule has 1 aromatic carbocycles. The van der Waals surface area contributed by atoms with Gasteiger partial charge in [-0.2, -0.15) is 0 Å². The van der Waals surface area contributed by atoms with E-state index in [1.807, 2.05) is 23.2 Å². The lowest BCUT2D eigenvalue weighted by Gasteiger charge is -2.42. The molecule has 1 saturated heterocycles. The molecule has 9 nitrogen and oxygen atoms in total. The highest BCUT2D eigenvalue weighted by Gasteiger charge is 2.37. The first-order chi connectivity index (χ1) is 16.0. The highest BCUT2D eigenvalue weighted by atomic mass is 16.6. The minimum atomic E-state index is -0.617. The van der Waals surface area contributed by atoms with Gasteiger partial charge in [-0.15, -0.1) is 0 Å². The van der Waals surface area contributed by atoms with Gasteiger partial charge in [-0.05, 0) is 36.2 Å². The van der Waals surface area contributed by atoms with Crippen molar-refractivity contribution in [3.8, 4) is 0 Å². The van der Waals surface area contributed by atoms with E-state index in [1.54, 1.807) is 25.4 Å². The maximum absolute atomic E-state index is 13.1. The fourth-order valence-corrected chi connectivity index (χ4v) is 5.26.